The third kappa shape index (κ3) is 3.40. The minimum Gasteiger partial charge on any atom is -0.307 e. The molecule has 0 unspecified atom stereocenters. The first-order valence-corrected chi connectivity index (χ1v) is 9.13. The fourth-order valence-electron chi connectivity index (χ4n) is 1.99. The fraction of sp³-hybridized carbons (Fsp3) is 0.286. The van der Waals surface area contributed by atoms with Crippen LogP contribution in [0.4, 0.5) is 10.3 Å². The molecule has 0 saturated carbocycles. The van der Waals surface area contributed by atoms with Gasteiger partial charge < -0.3 is 5.32 Å². The van der Waals surface area contributed by atoms with E-state index in [9.17, 15) is 4.79 Å². The summed E-state index contributed by atoms with van der Waals surface area (Å²) in [5.41, 5.74) is 1.95. The lowest BCUT2D eigenvalue weighted by molar-refractivity contribution is -0.116. The molecule has 0 atom stereocenters. The van der Waals surface area contributed by atoms with E-state index in [-0.39, 0.29) is 5.78 Å². The van der Waals surface area contributed by atoms with Crippen molar-refractivity contribution in [2.24, 2.45) is 0 Å². The van der Waals surface area contributed by atoms with Gasteiger partial charge in [0.2, 0.25) is 0 Å². The highest BCUT2D eigenvalue weighted by Crippen LogP contribution is 2.33. The Morgan fingerprint density at radius 1 is 1.23 bits per heavy atom. The number of thiazole rings is 3. The van der Waals surface area contributed by atoms with Crippen molar-refractivity contribution < 1.29 is 4.79 Å². The van der Waals surface area contributed by atoms with Crippen molar-refractivity contribution in [1.29, 1.82) is 0 Å². The number of carbonyl (C=O) groups excluding carboxylic acids is 1. The van der Waals surface area contributed by atoms with Gasteiger partial charge in [0.15, 0.2) is 10.3 Å². The van der Waals surface area contributed by atoms with Crippen molar-refractivity contribution in [3.05, 3.63) is 27.2 Å². The topological polar surface area (TPSA) is 67.8 Å². The maximum absolute atomic E-state index is 11.1. The summed E-state index contributed by atoms with van der Waals surface area (Å²) in [5, 5.41) is 7.82. The minimum absolute atomic E-state index is 0.141. The summed E-state index contributed by atoms with van der Waals surface area (Å²) in [6.07, 6.45) is 2.17. The van der Waals surface area contributed by atoms with Crippen molar-refractivity contribution >= 4 is 50.1 Å². The van der Waals surface area contributed by atoms with Crippen LogP contribution in [0.15, 0.2) is 11.6 Å². The number of anilines is 2. The van der Waals surface area contributed by atoms with Crippen LogP contribution in [0.1, 0.15) is 22.5 Å². The molecule has 0 amide bonds. The summed E-state index contributed by atoms with van der Waals surface area (Å²) in [7, 11) is 0. The summed E-state index contributed by atoms with van der Waals surface area (Å²) in [4.78, 5) is 26.5. The third-order valence-electron chi connectivity index (χ3n) is 2.83. The van der Waals surface area contributed by atoms with E-state index in [4.69, 9.17) is 0 Å². The molecule has 0 aliphatic heterocycles. The molecule has 0 aliphatic rings. The third-order valence-corrected chi connectivity index (χ3v) is 5.60. The van der Waals surface area contributed by atoms with Crippen LogP contribution in [0.2, 0.25) is 0 Å². The zero-order valence-corrected chi connectivity index (χ0v) is 14.8. The summed E-state index contributed by atoms with van der Waals surface area (Å²) >= 11 is 4.67. The number of carbonyl (C=O) groups is 1. The molecule has 3 heterocycles. The summed E-state index contributed by atoms with van der Waals surface area (Å²) in [5.74, 6) is 0.141. The molecule has 3 aromatic rings. The maximum Gasteiger partial charge on any atom is 0.189 e. The van der Waals surface area contributed by atoms with Crippen LogP contribution >= 0.6 is 34.0 Å². The monoisotopic (exact) mass is 350 g/mol. The number of ketones is 1. The van der Waals surface area contributed by atoms with E-state index >= 15 is 0 Å². The Kier molecular flexibility index (Phi) is 4.32. The molecule has 8 heteroatoms. The van der Waals surface area contributed by atoms with E-state index in [0.29, 0.717) is 6.42 Å². The molecule has 0 saturated heterocycles. The normalized spacial score (nSPS) is 10.9. The van der Waals surface area contributed by atoms with E-state index in [1.54, 1.807) is 24.5 Å². The number of nitrogens with one attached hydrogen (secondary N) is 1. The second-order valence-electron chi connectivity index (χ2n) is 4.82. The SMILES string of the molecule is CC(=O)Cc1cnc(Nc2nc(-c3sc(C)nc3C)cs2)s1. The first-order valence-electron chi connectivity index (χ1n) is 6.62. The molecule has 3 rings (SSSR count). The van der Waals surface area contributed by atoms with Gasteiger partial charge in [-0.05, 0) is 20.8 Å². The van der Waals surface area contributed by atoms with Gasteiger partial charge in [0.25, 0.3) is 0 Å². The van der Waals surface area contributed by atoms with E-state index in [1.807, 2.05) is 19.2 Å². The van der Waals surface area contributed by atoms with Gasteiger partial charge in [0, 0.05) is 22.9 Å². The minimum atomic E-state index is 0.141. The van der Waals surface area contributed by atoms with Crippen molar-refractivity contribution in [2.75, 3.05) is 5.32 Å². The van der Waals surface area contributed by atoms with Gasteiger partial charge in [-0.25, -0.2) is 15.0 Å². The molecular weight excluding hydrogens is 336 g/mol. The molecule has 0 bridgehead atoms. The molecule has 22 heavy (non-hydrogen) atoms. The number of aryl methyl sites for hydroxylation is 2. The molecule has 3 aromatic heterocycles. The van der Waals surface area contributed by atoms with Gasteiger partial charge in [-0.1, -0.05) is 0 Å². The molecule has 0 spiro atoms. The number of hydrogen-bond donors (Lipinski definition) is 1. The van der Waals surface area contributed by atoms with E-state index in [1.165, 1.54) is 22.7 Å². The number of hydrogen-bond acceptors (Lipinski definition) is 8. The second kappa shape index (κ2) is 6.23. The largest absolute Gasteiger partial charge is 0.307 e. The first-order chi connectivity index (χ1) is 10.5. The van der Waals surface area contributed by atoms with Gasteiger partial charge in [-0.15, -0.1) is 34.0 Å². The first kappa shape index (κ1) is 15.3. The average molecular weight is 350 g/mol. The van der Waals surface area contributed by atoms with Gasteiger partial charge in [-0.3, -0.25) is 4.79 Å². The Morgan fingerprint density at radius 2 is 2.05 bits per heavy atom. The molecule has 5 nitrogen and oxygen atoms in total. The van der Waals surface area contributed by atoms with Crippen LogP contribution in [0.5, 0.6) is 0 Å². The maximum atomic E-state index is 11.1. The van der Waals surface area contributed by atoms with Crippen LogP contribution in [-0.4, -0.2) is 20.7 Å². The van der Waals surface area contributed by atoms with Crippen LogP contribution in [0.25, 0.3) is 10.6 Å². The highest BCUT2D eigenvalue weighted by molar-refractivity contribution is 7.18. The number of rotatable bonds is 5. The molecule has 114 valence electrons. The summed E-state index contributed by atoms with van der Waals surface area (Å²) in [6, 6.07) is 0. The zero-order chi connectivity index (χ0) is 15.7. The predicted molar refractivity (Wildman–Crippen MR) is 92.5 cm³/mol. The van der Waals surface area contributed by atoms with Gasteiger partial charge >= 0.3 is 0 Å². The standard InChI is InChI=1S/C14H14N4OS3/c1-7(19)4-10-5-15-13(22-10)18-14-17-11(6-20-14)12-8(2)16-9(3)21-12/h5-6H,4H2,1-3H3,(H,15,17,18). The van der Waals surface area contributed by atoms with E-state index in [2.05, 4.69) is 20.3 Å². The van der Waals surface area contributed by atoms with Crippen LogP contribution < -0.4 is 5.32 Å². The lowest BCUT2D eigenvalue weighted by atomic mass is 10.3. The summed E-state index contributed by atoms with van der Waals surface area (Å²) < 4.78 is 0. The van der Waals surface area contributed by atoms with E-state index in [0.717, 1.165) is 36.4 Å². The molecule has 1 N–H and O–H groups in total. The van der Waals surface area contributed by atoms with Crippen LogP contribution in [-0.2, 0) is 11.2 Å². The fourth-order valence-corrected chi connectivity index (χ4v) is 4.59. The van der Waals surface area contributed by atoms with Crippen LogP contribution in [0, 0.1) is 13.8 Å². The summed E-state index contributed by atoms with van der Waals surface area (Å²) in [6.45, 7) is 5.58. The Bertz CT molecular complexity index is 818. The van der Waals surface area contributed by atoms with Gasteiger partial charge in [0.05, 0.1) is 21.3 Å². The van der Waals surface area contributed by atoms with Gasteiger partial charge in [0.1, 0.15) is 5.78 Å². The van der Waals surface area contributed by atoms with Crippen molar-refractivity contribution in [3.63, 3.8) is 0 Å². The van der Waals surface area contributed by atoms with Crippen molar-refractivity contribution in [3.8, 4) is 10.6 Å². The average Bonchev–Trinajstić information content (AvgIpc) is 3.11. The molecular formula is C14H14N4OS3. The number of nitrogens with zero attached hydrogens (tertiary/aromatic N) is 3. The molecule has 0 radical (unpaired) electrons. The Balaban J connectivity index is 1.75. The van der Waals surface area contributed by atoms with Crippen molar-refractivity contribution in [1.82, 2.24) is 15.0 Å². The Hall–Kier alpha value is -1.64. The lowest BCUT2D eigenvalue weighted by Crippen LogP contribution is -1.92. The lowest BCUT2D eigenvalue weighted by Gasteiger charge is -1.95. The number of aromatic nitrogens is 3. The zero-order valence-electron chi connectivity index (χ0n) is 12.3. The van der Waals surface area contributed by atoms with E-state index < -0.39 is 0 Å². The molecule has 0 aliphatic carbocycles. The molecule has 0 fully saturated rings. The highest BCUT2D eigenvalue weighted by atomic mass is 32.1. The van der Waals surface area contributed by atoms with Crippen LogP contribution in [0.3, 0.4) is 0 Å². The Labute approximate surface area is 140 Å². The smallest absolute Gasteiger partial charge is 0.189 e. The Morgan fingerprint density at radius 3 is 2.73 bits per heavy atom. The molecule has 0 aromatic carbocycles. The quantitative estimate of drug-likeness (QED) is 0.746. The second-order valence-corrected chi connectivity index (χ2v) is 8.00. The predicted octanol–water partition coefficient (Wildman–Crippen LogP) is 4.22. The number of Topliss-reactive ketones (excluding diaryl/α,β-unsaturated/α-hetero) is 1. The highest BCUT2D eigenvalue weighted by Gasteiger charge is 2.12. The van der Waals surface area contributed by atoms with Crippen molar-refractivity contribution in [2.45, 2.75) is 27.2 Å². The van der Waals surface area contributed by atoms with Gasteiger partial charge in [-0.2, -0.15) is 0 Å².